The molecule has 1 heterocycles. The van der Waals surface area contributed by atoms with Crippen molar-refractivity contribution in [2.45, 2.75) is 6.04 Å². The number of hydrogen-bond donors (Lipinski definition) is 1. The maximum Gasteiger partial charge on any atom is 0.295 e. The van der Waals surface area contributed by atoms with Crippen molar-refractivity contribution >= 4 is 23.1 Å². The van der Waals surface area contributed by atoms with Gasteiger partial charge in [-0.25, -0.2) is 0 Å². The molecule has 0 spiro atoms. The summed E-state index contributed by atoms with van der Waals surface area (Å²) in [5.74, 6) is -1.53. The standard InChI is InChI=1S/C23H22N2O7/c1-3-12-32-18-6-4-5-16(14-18)20-19(22(27)23(28)24(20)11-13-31-2)21(26)15-7-9-17(10-8-15)25(29)30/h3-10,14,20,26H,1,11-13H2,2H3/b21-19+. The van der Waals surface area contributed by atoms with E-state index in [1.165, 1.54) is 36.3 Å². The lowest BCUT2D eigenvalue weighted by molar-refractivity contribution is -0.384. The van der Waals surface area contributed by atoms with E-state index in [0.717, 1.165) is 0 Å². The lowest BCUT2D eigenvalue weighted by Gasteiger charge is -2.25. The van der Waals surface area contributed by atoms with Crippen LogP contribution in [0.15, 0.2) is 66.8 Å². The van der Waals surface area contributed by atoms with E-state index < -0.39 is 28.4 Å². The van der Waals surface area contributed by atoms with Gasteiger partial charge in [0.2, 0.25) is 0 Å². The molecular weight excluding hydrogens is 416 g/mol. The average Bonchev–Trinajstić information content (AvgIpc) is 3.06. The smallest absolute Gasteiger partial charge is 0.295 e. The fourth-order valence-electron chi connectivity index (χ4n) is 3.47. The summed E-state index contributed by atoms with van der Waals surface area (Å²) in [5, 5.41) is 21.9. The molecule has 0 radical (unpaired) electrons. The highest BCUT2D eigenvalue weighted by molar-refractivity contribution is 6.46. The van der Waals surface area contributed by atoms with Gasteiger partial charge in [0.05, 0.1) is 23.1 Å². The van der Waals surface area contributed by atoms with Crippen LogP contribution in [0.4, 0.5) is 5.69 Å². The molecule has 1 atom stereocenters. The highest BCUT2D eigenvalue weighted by atomic mass is 16.6. The van der Waals surface area contributed by atoms with Crippen LogP contribution in [-0.4, -0.2) is 53.5 Å². The lowest BCUT2D eigenvalue weighted by Crippen LogP contribution is -2.32. The van der Waals surface area contributed by atoms with Crippen LogP contribution >= 0.6 is 0 Å². The molecule has 1 N–H and O–H groups in total. The zero-order valence-electron chi connectivity index (χ0n) is 17.4. The SMILES string of the molecule is C=CCOc1cccc(C2/C(=C(\O)c3ccc([N+](=O)[O-])cc3)C(=O)C(=O)N2CCOC)c1. The number of carbonyl (C=O) groups excluding carboxylic acids is 2. The van der Waals surface area contributed by atoms with Crippen LogP contribution in [0, 0.1) is 10.1 Å². The number of aliphatic hydroxyl groups excluding tert-OH is 1. The van der Waals surface area contributed by atoms with Gasteiger partial charge in [0, 0.05) is 31.4 Å². The summed E-state index contributed by atoms with van der Waals surface area (Å²) < 4.78 is 10.6. The van der Waals surface area contributed by atoms with Crippen LogP contribution in [-0.2, 0) is 14.3 Å². The van der Waals surface area contributed by atoms with E-state index >= 15 is 0 Å². The molecule has 9 heteroatoms. The van der Waals surface area contributed by atoms with Crippen molar-refractivity contribution in [1.82, 2.24) is 4.90 Å². The molecule has 32 heavy (non-hydrogen) atoms. The van der Waals surface area contributed by atoms with Gasteiger partial charge in [0.15, 0.2) is 0 Å². The van der Waals surface area contributed by atoms with E-state index in [1.807, 2.05) is 0 Å². The lowest BCUT2D eigenvalue weighted by atomic mass is 9.95. The molecule has 1 aliphatic rings. The van der Waals surface area contributed by atoms with Crippen molar-refractivity contribution in [2.75, 3.05) is 26.9 Å². The minimum atomic E-state index is -0.882. The van der Waals surface area contributed by atoms with Crippen molar-refractivity contribution < 1.29 is 29.1 Å². The van der Waals surface area contributed by atoms with E-state index in [-0.39, 0.29) is 36.6 Å². The zero-order valence-corrected chi connectivity index (χ0v) is 17.4. The van der Waals surface area contributed by atoms with Crippen molar-refractivity contribution in [3.8, 4) is 5.75 Å². The largest absolute Gasteiger partial charge is 0.507 e. The Bertz CT molecular complexity index is 1080. The minimum absolute atomic E-state index is 0.110. The molecule has 0 aromatic heterocycles. The van der Waals surface area contributed by atoms with Crippen LogP contribution < -0.4 is 4.74 Å². The van der Waals surface area contributed by atoms with Gasteiger partial charge < -0.3 is 19.5 Å². The predicted molar refractivity (Wildman–Crippen MR) is 116 cm³/mol. The van der Waals surface area contributed by atoms with E-state index in [4.69, 9.17) is 9.47 Å². The first-order valence-electron chi connectivity index (χ1n) is 9.74. The summed E-state index contributed by atoms with van der Waals surface area (Å²) in [5.41, 5.74) is 0.473. The van der Waals surface area contributed by atoms with Gasteiger partial charge in [-0.15, -0.1) is 0 Å². The van der Waals surface area contributed by atoms with Gasteiger partial charge in [-0.2, -0.15) is 0 Å². The normalized spacial score (nSPS) is 17.4. The second-order valence-electron chi connectivity index (χ2n) is 6.96. The quantitative estimate of drug-likeness (QED) is 0.159. The van der Waals surface area contributed by atoms with Crippen LogP contribution in [0.1, 0.15) is 17.2 Å². The molecule has 2 aromatic carbocycles. The number of methoxy groups -OCH3 is 1. The Morgan fingerprint density at radius 2 is 1.97 bits per heavy atom. The van der Waals surface area contributed by atoms with Crippen molar-refractivity contribution in [3.63, 3.8) is 0 Å². The Hall–Kier alpha value is -3.98. The molecule has 0 aliphatic carbocycles. The zero-order chi connectivity index (χ0) is 23.3. The van der Waals surface area contributed by atoms with Gasteiger partial charge in [0.1, 0.15) is 18.1 Å². The number of nitrogens with zero attached hydrogens (tertiary/aromatic N) is 2. The highest BCUT2D eigenvalue weighted by Gasteiger charge is 2.46. The molecule has 1 unspecified atom stereocenters. The number of aliphatic hydroxyl groups is 1. The molecule has 2 aromatic rings. The molecular formula is C23H22N2O7. The van der Waals surface area contributed by atoms with E-state index in [9.17, 15) is 24.8 Å². The minimum Gasteiger partial charge on any atom is -0.507 e. The Labute approximate surface area is 184 Å². The summed E-state index contributed by atoms with van der Waals surface area (Å²) in [6.45, 7) is 4.20. The Morgan fingerprint density at radius 3 is 2.59 bits per heavy atom. The second-order valence-corrected chi connectivity index (χ2v) is 6.96. The third-order valence-electron chi connectivity index (χ3n) is 4.97. The van der Waals surface area contributed by atoms with E-state index in [2.05, 4.69) is 6.58 Å². The van der Waals surface area contributed by atoms with Gasteiger partial charge in [-0.3, -0.25) is 19.7 Å². The molecule has 0 saturated carbocycles. The first-order chi connectivity index (χ1) is 15.4. The summed E-state index contributed by atoms with van der Waals surface area (Å²) in [6.07, 6.45) is 1.59. The third-order valence-corrected chi connectivity index (χ3v) is 4.97. The average molecular weight is 438 g/mol. The number of nitro groups is 1. The van der Waals surface area contributed by atoms with Gasteiger partial charge in [0.25, 0.3) is 17.4 Å². The first-order valence-corrected chi connectivity index (χ1v) is 9.74. The number of rotatable bonds is 9. The Balaban J connectivity index is 2.12. The predicted octanol–water partition coefficient (Wildman–Crippen LogP) is 3.23. The van der Waals surface area contributed by atoms with Crippen LogP contribution in [0.3, 0.4) is 0 Å². The number of likely N-dealkylation sites (tertiary alicyclic amines) is 1. The Kier molecular flexibility index (Phi) is 7.01. The van der Waals surface area contributed by atoms with Gasteiger partial charge >= 0.3 is 0 Å². The molecule has 1 aliphatic heterocycles. The number of ketones is 1. The molecule has 0 bridgehead atoms. The molecule has 9 nitrogen and oxygen atoms in total. The summed E-state index contributed by atoms with van der Waals surface area (Å²) >= 11 is 0. The van der Waals surface area contributed by atoms with Crippen LogP contribution in [0.2, 0.25) is 0 Å². The summed E-state index contributed by atoms with van der Waals surface area (Å²) in [4.78, 5) is 37.4. The van der Waals surface area contributed by atoms with Crippen molar-refractivity contribution in [1.29, 1.82) is 0 Å². The Morgan fingerprint density at radius 1 is 1.25 bits per heavy atom. The maximum absolute atomic E-state index is 12.9. The number of amides is 1. The number of Topliss-reactive ketones (excluding diaryl/α,β-unsaturated/α-hetero) is 1. The van der Waals surface area contributed by atoms with E-state index in [1.54, 1.807) is 30.3 Å². The fraction of sp³-hybridized carbons (Fsp3) is 0.217. The topological polar surface area (TPSA) is 119 Å². The van der Waals surface area contributed by atoms with E-state index in [0.29, 0.717) is 11.3 Å². The second kappa shape index (κ2) is 9.88. The monoisotopic (exact) mass is 438 g/mol. The molecule has 1 fully saturated rings. The number of carbonyl (C=O) groups is 2. The van der Waals surface area contributed by atoms with Gasteiger partial charge in [-0.1, -0.05) is 24.8 Å². The van der Waals surface area contributed by atoms with Crippen LogP contribution in [0.5, 0.6) is 5.75 Å². The number of nitro benzene ring substituents is 1. The molecule has 3 rings (SSSR count). The molecule has 1 amide bonds. The number of hydrogen-bond acceptors (Lipinski definition) is 7. The van der Waals surface area contributed by atoms with Gasteiger partial charge in [-0.05, 0) is 29.8 Å². The maximum atomic E-state index is 12.9. The summed E-state index contributed by atoms with van der Waals surface area (Å²) in [6, 6.07) is 11.1. The van der Waals surface area contributed by atoms with Crippen molar-refractivity contribution in [3.05, 3.63) is 88.0 Å². The number of non-ortho nitro benzene ring substituents is 1. The van der Waals surface area contributed by atoms with Crippen molar-refractivity contribution in [2.24, 2.45) is 0 Å². The summed E-state index contributed by atoms with van der Waals surface area (Å²) in [7, 11) is 1.48. The molecule has 166 valence electrons. The molecule has 1 saturated heterocycles. The highest BCUT2D eigenvalue weighted by Crippen LogP contribution is 2.40. The first kappa shape index (κ1) is 22.7. The number of ether oxygens (including phenoxy) is 2. The number of benzene rings is 2. The fourth-order valence-corrected chi connectivity index (χ4v) is 3.47. The third kappa shape index (κ3) is 4.52. The van der Waals surface area contributed by atoms with Crippen LogP contribution in [0.25, 0.3) is 5.76 Å².